The zero-order valence-electron chi connectivity index (χ0n) is 16.6. The van der Waals surface area contributed by atoms with Crippen molar-refractivity contribution < 1.29 is 18.3 Å². The number of ether oxygens (including phenoxy) is 1. The number of pyridine rings is 1. The molecule has 1 aromatic carbocycles. The molecular formula is C19H15F2N9O2. The van der Waals surface area contributed by atoms with Crippen LogP contribution >= 0.6 is 0 Å². The minimum atomic E-state index is -1.15. The molecule has 13 heteroatoms. The number of carbonyl (C=O) groups excluding carboxylic acids is 1. The normalized spacial score (nSPS) is 15.9. The summed E-state index contributed by atoms with van der Waals surface area (Å²) in [5, 5.41) is 18.6. The van der Waals surface area contributed by atoms with Gasteiger partial charge in [0.25, 0.3) is 0 Å². The van der Waals surface area contributed by atoms with Crippen LogP contribution in [0.2, 0.25) is 0 Å². The number of halogens is 2. The summed E-state index contributed by atoms with van der Waals surface area (Å²) in [6, 6.07) is 5.94. The van der Waals surface area contributed by atoms with Crippen LogP contribution in [0, 0.1) is 11.6 Å². The van der Waals surface area contributed by atoms with Gasteiger partial charge in [0.05, 0.1) is 25.0 Å². The van der Waals surface area contributed by atoms with Crippen LogP contribution in [0.4, 0.5) is 19.3 Å². The Morgan fingerprint density at radius 2 is 2.03 bits per heavy atom. The first-order valence-corrected chi connectivity index (χ1v) is 9.50. The highest BCUT2D eigenvalue weighted by molar-refractivity contribution is 5.90. The Labute approximate surface area is 179 Å². The van der Waals surface area contributed by atoms with Gasteiger partial charge in [-0.25, -0.2) is 22.9 Å². The molecule has 11 nitrogen and oxygen atoms in total. The number of hydrogen-bond acceptors (Lipinski definition) is 8. The molecule has 4 aromatic rings. The largest absolute Gasteiger partial charge is 0.442 e. The van der Waals surface area contributed by atoms with E-state index < -0.39 is 23.8 Å². The van der Waals surface area contributed by atoms with E-state index in [-0.39, 0.29) is 24.3 Å². The van der Waals surface area contributed by atoms with Gasteiger partial charge in [-0.05, 0) is 28.6 Å². The zero-order chi connectivity index (χ0) is 22.2. The molecule has 4 heterocycles. The standard InChI is InChI=1S/C19H15F2N9O2/c1-28-18(24-25-27-28)14-4-2-11(8-22-14)13-3-5-15(17(21)16(13)20)30-10-12(32-19(30)31)9-29-7-6-23-26-29/h2-8,12H,9-10H2,1H3/t12-/m0/s1. The van der Waals surface area contributed by atoms with E-state index in [0.717, 1.165) is 4.90 Å². The highest BCUT2D eigenvalue weighted by atomic mass is 19.2. The van der Waals surface area contributed by atoms with E-state index in [9.17, 15) is 13.6 Å². The van der Waals surface area contributed by atoms with Gasteiger partial charge in [0.2, 0.25) is 0 Å². The van der Waals surface area contributed by atoms with Gasteiger partial charge in [-0.3, -0.25) is 9.88 Å². The lowest BCUT2D eigenvalue weighted by Crippen LogP contribution is -2.27. The molecule has 0 saturated carbocycles. The molecule has 1 fully saturated rings. The van der Waals surface area contributed by atoms with Gasteiger partial charge in [-0.15, -0.1) is 10.2 Å². The first kappa shape index (κ1) is 19.7. The summed E-state index contributed by atoms with van der Waals surface area (Å²) in [6.07, 6.45) is 3.18. The Hall–Kier alpha value is -4.29. The van der Waals surface area contributed by atoms with E-state index >= 15 is 0 Å². The van der Waals surface area contributed by atoms with Crippen LogP contribution in [0.1, 0.15) is 0 Å². The van der Waals surface area contributed by atoms with Crippen LogP contribution in [0.3, 0.4) is 0 Å². The molecule has 1 atom stereocenters. The summed E-state index contributed by atoms with van der Waals surface area (Å²) < 4.78 is 38.1. The average molecular weight is 439 g/mol. The first-order chi connectivity index (χ1) is 15.5. The summed E-state index contributed by atoms with van der Waals surface area (Å²) in [4.78, 5) is 17.5. The molecule has 1 amide bonds. The fourth-order valence-corrected chi connectivity index (χ4v) is 3.45. The number of rotatable bonds is 5. The molecule has 0 radical (unpaired) electrons. The second-order valence-electron chi connectivity index (χ2n) is 7.06. The van der Waals surface area contributed by atoms with Gasteiger partial charge in [0.15, 0.2) is 17.5 Å². The Morgan fingerprint density at radius 1 is 1.16 bits per heavy atom. The molecule has 0 bridgehead atoms. The summed E-state index contributed by atoms with van der Waals surface area (Å²) >= 11 is 0. The summed E-state index contributed by atoms with van der Waals surface area (Å²) in [5.41, 5.74) is 0.650. The summed E-state index contributed by atoms with van der Waals surface area (Å²) in [7, 11) is 1.67. The summed E-state index contributed by atoms with van der Waals surface area (Å²) in [5.74, 6) is -1.81. The predicted octanol–water partition coefficient (Wildman–Crippen LogP) is 1.83. The van der Waals surface area contributed by atoms with Crippen LogP contribution in [0.25, 0.3) is 22.6 Å². The second kappa shape index (κ2) is 7.76. The van der Waals surface area contributed by atoms with E-state index in [2.05, 4.69) is 30.8 Å². The lowest BCUT2D eigenvalue weighted by molar-refractivity contribution is 0.129. The van der Waals surface area contributed by atoms with E-state index in [1.54, 1.807) is 25.4 Å². The fourth-order valence-electron chi connectivity index (χ4n) is 3.45. The topological polar surface area (TPSA) is 117 Å². The molecule has 0 N–H and O–H groups in total. The molecule has 1 aliphatic heterocycles. The number of anilines is 1. The number of tetrazole rings is 1. The smallest absolute Gasteiger partial charge is 0.414 e. The van der Waals surface area contributed by atoms with Crippen LogP contribution in [0.15, 0.2) is 42.9 Å². The van der Waals surface area contributed by atoms with Gasteiger partial charge in [0, 0.05) is 30.6 Å². The molecule has 162 valence electrons. The van der Waals surface area contributed by atoms with E-state index in [1.165, 1.54) is 33.9 Å². The Morgan fingerprint density at radius 3 is 2.72 bits per heavy atom. The lowest BCUT2D eigenvalue weighted by atomic mass is 10.1. The number of aromatic nitrogens is 8. The maximum atomic E-state index is 14.9. The third kappa shape index (κ3) is 3.42. The minimum Gasteiger partial charge on any atom is -0.442 e. The molecule has 0 spiro atoms. The minimum absolute atomic E-state index is 0.00752. The van der Waals surface area contributed by atoms with Gasteiger partial charge < -0.3 is 4.74 Å². The molecule has 0 aliphatic carbocycles. The van der Waals surface area contributed by atoms with Crippen LogP contribution < -0.4 is 4.90 Å². The SMILES string of the molecule is Cn1nnnc1-c1ccc(-c2ccc(N3C[C@H](Cn4ccnn4)OC3=O)c(F)c2F)cn1. The van der Waals surface area contributed by atoms with Crippen molar-refractivity contribution in [1.29, 1.82) is 0 Å². The number of cyclic esters (lactones) is 1. The van der Waals surface area contributed by atoms with Crippen molar-refractivity contribution in [2.45, 2.75) is 12.6 Å². The molecular weight excluding hydrogens is 424 g/mol. The van der Waals surface area contributed by atoms with Gasteiger partial charge in [-0.2, -0.15) is 0 Å². The second-order valence-corrected chi connectivity index (χ2v) is 7.06. The number of carbonyl (C=O) groups is 1. The first-order valence-electron chi connectivity index (χ1n) is 9.50. The van der Waals surface area contributed by atoms with Crippen LogP contribution in [-0.4, -0.2) is 58.9 Å². The third-order valence-electron chi connectivity index (χ3n) is 5.01. The number of benzene rings is 1. The number of amides is 1. The van der Waals surface area contributed by atoms with Crippen molar-refractivity contribution in [3.8, 4) is 22.6 Å². The Balaban J connectivity index is 1.39. The highest BCUT2D eigenvalue weighted by Crippen LogP contribution is 2.32. The van der Waals surface area contributed by atoms with Gasteiger partial charge in [-0.1, -0.05) is 11.3 Å². The molecule has 32 heavy (non-hydrogen) atoms. The molecule has 1 aliphatic rings. The maximum Gasteiger partial charge on any atom is 0.414 e. The lowest BCUT2D eigenvalue weighted by Gasteiger charge is -2.16. The van der Waals surface area contributed by atoms with Crippen LogP contribution in [0.5, 0.6) is 0 Å². The van der Waals surface area contributed by atoms with Crippen molar-refractivity contribution in [2.24, 2.45) is 7.05 Å². The molecule has 0 unspecified atom stereocenters. The van der Waals surface area contributed by atoms with Crippen molar-refractivity contribution >= 4 is 11.8 Å². The zero-order valence-corrected chi connectivity index (χ0v) is 16.6. The van der Waals surface area contributed by atoms with Crippen molar-refractivity contribution in [1.82, 2.24) is 40.2 Å². The van der Waals surface area contributed by atoms with Crippen molar-refractivity contribution in [2.75, 3.05) is 11.4 Å². The van der Waals surface area contributed by atoms with E-state index in [4.69, 9.17) is 4.74 Å². The van der Waals surface area contributed by atoms with Gasteiger partial charge in [0.1, 0.15) is 11.8 Å². The van der Waals surface area contributed by atoms with Crippen molar-refractivity contribution in [3.05, 3.63) is 54.5 Å². The maximum absolute atomic E-state index is 14.9. The average Bonchev–Trinajstić information content (AvgIpc) is 3.53. The fraction of sp³-hybridized carbons (Fsp3) is 0.211. The number of nitrogens with zero attached hydrogens (tertiary/aromatic N) is 9. The van der Waals surface area contributed by atoms with E-state index in [0.29, 0.717) is 17.1 Å². The Bertz CT molecular complexity index is 1270. The molecule has 5 rings (SSSR count). The van der Waals surface area contributed by atoms with Crippen LogP contribution in [-0.2, 0) is 18.3 Å². The molecule has 1 saturated heterocycles. The predicted molar refractivity (Wildman–Crippen MR) is 105 cm³/mol. The Kier molecular flexibility index (Phi) is 4.77. The number of hydrogen-bond donors (Lipinski definition) is 0. The van der Waals surface area contributed by atoms with E-state index in [1.807, 2.05) is 0 Å². The quantitative estimate of drug-likeness (QED) is 0.462. The highest BCUT2D eigenvalue weighted by Gasteiger charge is 2.35. The summed E-state index contributed by atoms with van der Waals surface area (Å²) in [6.45, 7) is 0.305. The molecule has 3 aromatic heterocycles. The monoisotopic (exact) mass is 439 g/mol. The third-order valence-corrected chi connectivity index (χ3v) is 5.01. The van der Waals surface area contributed by atoms with Crippen molar-refractivity contribution in [3.63, 3.8) is 0 Å². The number of aryl methyl sites for hydroxylation is 1. The van der Waals surface area contributed by atoms with Gasteiger partial charge >= 0.3 is 6.09 Å².